The van der Waals surface area contributed by atoms with Crippen molar-refractivity contribution in [2.24, 2.45) is 0 Å². The lowest BCUT2D eigenvalue weighted by atomic mass is 10.1. The van der Waals surface area contributed by atoms with Crippen LogP contribution in [0, 0.1) is 6.92 Å². The topological polar surface area (TPSA) is 66.5 Å². The molecule has 5 nitrogen and oxygen atoms in total. The third-order valence-electron chi connectivity index (χ3n) is 4.22. The van der Waals surface area contributed by atoms with Crippen LogP contribution in [0.1, 0.15) is 48.2 Å². The summed E-state index contributed by atoms with van der Waals surface area (Å²) in [6.45, 7) is 7.24. The Kier molecular flexibility index (Phi) is 7.56. The number of nitrogens with one attached hydrogen (secondary N) is 1. The molecule has 0 aliphatic carbocycles. The van der Waals surface area contributed by atoms with E-state index in [2.05, 4.69) is 5.32 Å². The molecule has 0 aliphatic rings. The van der Waals surface area contributed by atoms with Crippen LogP contribution in [0.4, 0.5) is 0 Å². The SMILES string of the molecule is CCCN(CCC)S(=O)(=O)c1cccc(C(=O)NCc2cccc(C)c2)c1. The summed E-state index contributed by atoms with van der Waals surface area (Å²) in [6.07, 6.45) is 1.49. The van der Waals surface area contributed by atoms with Crippen LogP contribution < -0.4 is 5.32 Å². The smallest absolute Gasteiger partial charge is 0.251 e. The number of amides is 1. The Hall–Kier alpha value is -2.18. The molecule has 0 saturated heterocycles. The molecule has 0 bridgehead atoms. The minimum atomic E-state index is -3.60. The van der Waals surface area contributed by atoms with Gasteiger partial charge in [0.15, 0.2) is 0 Å². The Labute approximate surface area is 162 Å². The van der Waals surface area contributed by atoms with Gasteiger partial charge < -0.3 is 5.32 Å². The summed E-state index contributed by atoms with van der Waals surface area (Å²) in [5, 5.41) is 2.85. The van der Waals surface area contributed by atoms with Crippen molar-refractivity contribution in [3.63, 3.8) is 0 Å². The van der Waals surface area contributed by atoms with E-state index in [1.54, 1.807) is 18.2 Å². The maximum absolute atomic E-state index is 12.9. The molecule has 0 fully saturated rings. The minimum Gasteiger partial charge on any atom is -0.348 e. The lowest BCUT2D eigenvalue weighted by Crippen LogP contribution is -2.32. The molecule has 0 unspecified atom stereocenters. The summed E-state index contributed by atoms with van der Waals surface area (Å²) in [6, 6.07) is 14.2. The van der Waals surface area contributed by atoms with Crippen LogP contribution in [0.3, 0.4) is 0 Å². The number of hydrogen-bond donors (Lipinski definition) is 1. The Morgan fingerprint density at radius 3 is 2.30 bits per heavy atom. The fourth-order valence-electron chi connectivity index (χ4n) is 2.90. The van der Waals surface area contributed by atoms with Gasteiger partial charge in [-0.2, -0.15) is 4.31 Å². The van der Waals surface area contributed by atoms with Gasteiger partial charge in [-0.3, -0.25) is 4.79 Å². The number of carbonyl (C=O) groups excluding carboxylic acids is 1. The van der Waals surface area contributed by atoms with E-state index in [4.69, 9.17) is 0 Å². The van der Waals surface area contributed by atoms with Crippen molar-refractivity contribution >= 4 is 15.9 Å². The third kappa shape index (κ3) is 5.65. The highest BCUT2D eigenvalue weighted by Crippen LogP contribution is 2.18. The molecule has 2 aromatic rings. The van der Waals surface area contributed by atoms with E-state index in [1.807, 2.05) is 45.0 Å². The molecule has 1 N–H and O–H groups in total. The lowest BCUT2D eigenvalue weighted by Gasteiger charge is -2.21. The molecule has 146 valence electrons. The molecule has 0 saturated carbocycles. The van der Waals surface area contributed by atoms with Gasteiger partial charge in [0.2, 0.25) is 10.0 Å². The molecule has 6 heteroatoms. The van der Waals surface area contributed by atoms with Gasteiger partial charge in [0.1, 0.15) is 0 Å². The number of nitrogens with zero attached hydrogens (tertiary/aromatic N) is 1. The predicted molar refractivity (Wildman–Crippen MR) is 108 cm³/mol. The highest BCUT2D eigenvalue weighted by Gasteiger charge is 2.23. The maximum atomic E-state index is 12.9. The van der Waals surface area contributed by atoms with Crippen molar-refractivity contribution < 1.29 is 13.2 Å². The van der Waals surface area contributed by atoms with Crippen LogP contribution in [0.2, 0.25) is 0 Å². The Balaban J connectivity index is 2.16. The molecular formula is C21H28N2O3S. The van der Waals surface area contributed by atoms with Gasteiger partial charge in [-0.15, -0.1) is 0 Å². The van der Waals surface area contributed by atoms with E-state index in [0.29, 0.717) is 25.2 Å². The molecule has 0 heterocycles. The zero-order chi connectivity index (χ0) is 19.9. The van der Waals surface area contributed by atoms with Gasteiger partial charge in [-0.25, -0.2) is 8.42 Å². The molecule has 0 aromatic heterocycles. The van der Waals surface area contributed by atoms with Crippen molar-refractivity contribution in [3.8, 4) is 0 Å². The monoisotopic (exact) mass is 388 g/mol. The summed E-state index contributed by atoms with van der Waals surface area (Å²) in [7, 11) is -3.60. The first-order chi connectivity index (χ1) is 12.9. The molecule has 2 rings (SSSR count). The molecule has 0 atom stereocenters. The molecule has 0 spiro atoms. The van der Waals surface area contributed by atoms with Crippen molar-refractivity contribution in [1.29, 1.82) is 0 Å². The summed E-state index contributed by atoms with van der Waals surface area (Å²) in [5.41, 5.74) is 2.47. The average molecular weight is 389 g/mol. The second-order valence-electron chi connectivity index (χ2n) is 6.60. The van der Waals surface area contributed by atoms with Crippen LogP contribution in [0.15, 0.2) is 53.4 Å². The largest absolute Gasteiger partial charge is 0.348 e. The van der Waals surface area contributed by atoms with Crippen LogP contribution in [-0.2, 0) is 16.6 Å². The van der Waals surface area contributed by atoms with Gasteiger partial charge in [0.25, 0.3) is 5.91 Å². The molecule has 1 amide bonds. The molecule has 27 heavy (non-hydrogen) atoms. The van der Waals surface area contributed by atoms with E-state index in [9.17, 15) is 13.2 Å². The van der Waals surface area contributed by atoms with E-state index in [-0.39, 0.29) is 10.8 Å². The van der Waals surface area contributed by atoms with Crippen LogP contribution in [0.5, 0.6) is 0 Å². The highest BCUT2D eigenvalue weighted by atomic mass is 32.2. The van der Waals surface area contributed by atoms with Crippen LogP contribution >= 0.6 is 0 Å². The molecule has 0 radical (unpaired) electrons. The average Bonchev–Trinajstić information content (AvgIpc) is 2.66. The standard InChI is InChI=1S/C21H28N2O3S/c1-4-12-23(13-5-2)27(25,26)20-11-7-10-19(15-20)21(24)22-16-18-9-6-8-17(3)14-18/h6-11,14-15H,4-5,12-13,16H2,1-3H3,(H,22,24). The van der Waals surface area contributed by atoms with E-state index >= 15 is 0 Å². The number of carbonyl (C=O) groups is 1. The lowest BCUT2D eigenvalue weighted by molar-refractivity contribution is 0.0950. The first-order valence-corrected chi connectivity index (χ1v) is 10.8. The number of rotatable bonds is 9. The zero-order valence-electron chi connectivity index (χ0n) is 16.2. The fourth-order valence-corrected chi connectivity index (χ4v) is 4.57. The van der Waals surface area contributed by atoms with E-state index in [0.717, 1.165) is 24.0 Å². The van der Waals surface area contributed by atoms with Crippen LogP contribution in [0.25, 0.3) is 0 Å². The number of sulfonamides is 1. The summed E-state index contributed by atoms with van der Waals surface area (Å²) in [5.74, 6) is -0.286. The Morgan fingerprint density at radius 1 is 1.00 bits per heavy atom. The van der Waals surface area contributed by atoms with Crippen LogP contribution in [-0.4, -0.2) is 31.7 Å². The maximum Gasteiger partial charge on any atom is 0.251 e. The second-order valence-corrected chi connectivity index (χ2v) is 8.54. The van der Waals surface area contributed by atoms with Gasteiger partial charge in [-0.1, -0.05) is 49.7 Å². The molecular weight excluding hydrogens is 360 g/mol. The first kappa shape index (κ1) is 21.1. The fraction of sp³-hybridized carbons (Fsp3) is 0.381. The third-order valence-corrected chi connectivity index (χ3v) is 6.11. The predicted octanol–water partition coefficient (Wildman–Crippen LogP) is 3.74. The van der Waals surface area contributed by atoms with Crippen molar-refractivity contribution in [2.75, 3.05) is 13.1 Å². The summed E-state index contributed by atoms with van der Waals surface area (Å²) >= 11 is 0. The molecule has 0 aliphatic heterocycles. The molecule has 2 aromatic carbocycles. The van der Waals surface area contributed by atoms with E-state index in [1.165, 1.54) is 10.4 Å². The summed E-state index contributed by atoms with van der Waals surface area (Å²) in [4.78, 5) is 12.6. The van der Waals surface area contributed by atoms with Gasteiger partial charge in [0.05, 0.1) is 4.90 Å². The van der Waals surface area contributed by atoms with Gasteiger partial charge in [0, 0.05) is 25.2 Å². The second kappa shape index (κ2) is 9.67. The minimum absolute atomic E-state index is 0.160. The quantitative estimate of drug-likeness (QED) is 0.712. The zero-order valence-corrected chi connectivity index (χ0v) is 17.1. The van der Waals surface area contributed by atoms with Crippen molar-refractivity contribution in [3.05, 3.63) is 65.2 Å². The number of benzene rings is 2. The summed E-state index contributed by atoms with van der Waals surface area (Å²) < 4.78 is 27.3. The Bertz CT molecular complexity index is 873. The number of hydrogen-bond acceptors (Lipinski definition) is 3. The normalized spacial score (nSPS) is 11.6. The van der Waals surface area contributed by atoms with Gasteiger partial charge in [-0.05, 0) is 43.5 Å². The number of aryl methyl sites for hydroxylation is 1. The first-order valence-electron chi connectivity index (χ1n) is 9.32. The Morgan fingerprint density at radius 2 is 1.67 bits per heavy atom. The van der Waals surface area contributed by atoms with Gasteiger partial charge >= 0.3 is 0 Å². The highest BCUT2D eigenvalue weighted by molar-refractivity contribution is 7.89. The van der Waals surface area contributed by atoms with Crippen molar-refractivity contribution in [2.45, 2.75) is 45.1 Å². The van der Waals surface area contributed by atoms with E-state index < -0.39 is 10.0 Å². The van der Waals surface area contributed by atoms with Crippen molar-refractivity contribution in [1.82, 2.24) is 9.62 Å².